The number of carbonyl (C=O) groups excluding carboxylic acids is 1. The lowest BCUT2D eigenvalue weighted by molar-refractivity contribution is -0.144. The van der Waals surface area contributed by atoms with E-state index in [1.807, 2.05) is 6.07 Å². The average molecular weight is 361 g/mol. The molecule has 0 radical (unpaired) electrons. The zero-order chi connectivity index (χ0) is 18.4. The molecule has 0 amide bonds. The standard InChI is InChI=1S/C18H19NO5S/c1-11-7-6-8-12(2)15(11)19-16(18(21)24-3)17(20)13-9-4-5-10-14(13)25(19,22)23/h4-10,16-17,20H,1-3H3. The van der Waals surface area contributed by atoms with Crippen molar-refractivity contribution in [3.8, 4) is 0 Å². The maximum absolute atomic E-state index is 13.3. The van der Waals surface area contributed by atoms with Crippen molar-refractivity contribution in [2.75, 3.05) is 11.4 Å². The number of methoxy groups -OCH3 is 1. The molecule has 2 atom stereocenters. The van der Waals surface area contributed by atoms with E-state index >= 15 is 0 Å². The number of aliphatic hydroxyl groups excluding tert-OH is 1. The molecule has 2 aromatic rings. The van der Waals surface area contributed by atoms with Gasteiger partial charge in [-0.25, -0.2) is 17.5 Å². The summed E-state index contributed by atoms with van der Waals surface area (Å²) < 4.78 is 32.4. The lowest BCUT2D eigenvalue weighted by Gasteiger charge is -2.40. The van der Waals surface area contributed by atoms with Crippen LogP contribution in [0, 0.1) is 13.8 Å². The van der Waals surface area contributed by atoms with Gasteiger partial charge in [-0.1, -0.05) is 36.4 Å². The summed E-state index contributed by atoms with van der Waals surface area (Å²) in [5, 5.41) is 10.8. The van der Waals surface area contributed by atoms with Gasteiger partial charge in [0.15, 0.2) is 6.04 Å². The molecule has 2 unspecified atom stereocenters. The van der Waals surface area contributed by atoms with Crippen LogP contribution in [-0.4, -0.2) is 32.6 Å². The lowest BCUT2D eigenvalue weighted by Crippen LogP contribution is -2.53. The first-order valence-electron chi connectivity index (χ1n) is 7.76. The van der Waals surface area contributed by atoms with Gasteiger partial charge in [0.05, 0.1) is 17.7 Å². The topological polar surface area (TPSA) is 83.9 Å². The van der Waals surface area contributed by atoms with E-state index < -0.39 is 28.1 Å². The second-order valence-corrected chi connectivity index (χ2v) is 7.78. The Balaban J connectivity index is 2.36. The monoisotopic (exact) mass is 361 g/mol. The smallest absolute Gasteiger partial charge is 0.332 e. The summed E-state index contributed by atoms with van der Waals surface area (Å²) in [6.07, 6.45) is -1.33. The van der Waals surface area contributed by atoms with Crippen LogP contribution >= 0.6 is 0 Å². The molecule has 1 aliphatic rings. The summed E-state index contributed by atoms with van der Waals surface area (Å²) in [5.74, 6) is -0.812. The molecule has 0 aliphatic carbocycles. The van der Waals surface area contributed by atoms with Gasteiger partial charge in [-0.2, -0.15) is 0 Å². The average Bonchev–Trinajstić information content (AvgIpc) is 2.59. The fraction of sp³-hybridized carbons (Fsp3) is 0.278. The Kier molecular flexibility index (Phi) is 4.30. The van der Waals surface area contributed by atoms with E-state index in [0.717, 1.165) is 4.31 Å². The second-order valence-electron chi connectivity index (χ2n) is 5.99. The van der Waals surface area contributed by atoms with Crippen LogP contribution in [0.25, 0.3) is 0 Å². The van der Waals surface area contributed by atoms with Gasteiger partial charge in [-0.05, 0) is 31.0 Å². The molecule has 0 saturated carbocycles. The number of aliphatic hydroxyl groups is 1. The van der Waals surface area contributed by atoms with Crippen LogP contribution in [0.5, 0.6) is 0 Å². The molecule has 0 spiro atoms. The predicted molar refractivity (Wildman–Crippen MR) is 92.8 cm³/mol. The number of para-hydroxylation sites is 1. The molecule has 0 bridgehead atoms. The summed E-state index contributed by atoms with van der Waals surface area (Å²) in [6.45, 7) is 3.53. The van der Waals surface area contributed by atoms with E-state index in [9.17, 15) is 18.3 Å². The van der Waals surface area contributed by atoms with E-state index in [-0.39, 0.29) is 10.5 Å². The van der Waals surface area contributed by atoms with Crippen LogP contribution in [-0.2, 0) is 19.6 Å². The number of rotatable bonds is 2. The third-order valence-electron chi connectivity index (χ3n) is 4.43. The van der Waals surface area contributed by atoms with Gasteiger partial charge in [-0.3, -0.25) is 0 Å². The molecular formula is C18H19NO5S. The van der Waals surface area contributed by atoms with Crippen molar-refractivity contribution in [1.82, 2.24) is 0 Å². The highest BCUT2D eigenvalue weighted by Gasteiger charge is 2.48. The molecular weight excluding hydrogens is 342 g/mol. The van der Waals surface area contributed by atoms with E-state index in [4.69, 9.17) is 4.74 Å². The summed E-state index contributed by atoms with van der Waals surface area (Å²) in [5.41, 5.74) is 1.94. The molecule has 1 aliphatic heterocycles. The van der Waals surface area contributed by atoms with Gasteiger partial charge in [0, 0.05) is 5.56 Å². The van der Waals surface area contributed by atoms with E-state index in [1.165, 1.54) is 19.2 Å². The molecule has 1 N–H and O–H groups in total. The van der Waals surface area contributed by atoms with Crippen molar-refractivity contribution >= 4 is 21.7 Å². The third-order valence-corrected chi connectivity index (χ3v) is 6.28. The minimum atomic E-state index is -4.05. The number of sulfonamides is 1. The van der Waals surface area contributed by atoms with Crippen LogP contribution in [0.4, 0.5) is 5.69 Å². The van der Waals surface area contributed by atoms with Gasteiger partial charge in [0.2, 0.25) is 0 Å². The molecule has 0 saturated heterocycles. The third kappa shape index (κ3) is 2.60. The highest BCUT2D eigenvalue weighted by molar-refractivity contribution is 7.93. The number of aryl methyl sites for hydroxylation is 2. The Morgan fingerprint density at radius 2 is 1.68 bits per heavy atom. The van der Waals surface area contributed by atoms with Crippen molar-refractivity contribution in [2.45, 2.75) is 30.9 Å². The number of nitrogens with zero attached hydrogens (tertiary/aromatic N) is 1. The summed E-state index contributed by atoms with van der Waals surface area (Å²) in [6, 6.07) is 10.1. The minimum absolute atomic E-state index is 0.00898. The largest absolute Gasteiger partial charge is 0.467 e. The number of esters is 1. The number of hydrogen-bond donors (Lipinski definition) is 1. The predicted octanol–water partition coefficient (Wildman–Crippen LogP) is 2.09. The quantitative estimate of drug-likeness (QED) is 0.828. The second kappa shape index (κ2) is 6.16. The SMILES string of the molecule is COC(=O)C1C(O)c2ccccc2S(=O)(=O)N1c1c(C)cccc1C. The Bertz CT molecular complexity index is 918. The van der Waals surface area contributed by atoms with Crippen molar-refractivity contribution < 1.29 is 23.1 Å². The summed E-state index contributed by atoms with van der Waals surface area (Å²) in [7, 11) is -2.87. The Hall–Kier alpha value is -2.38. The van der Waals surface area contributed by atoms with Crippen molar-refractivity contribution in [3.63, 3.8) is 0 Å². The Morgan fingerprint density at radius 3 is 2.28 bits per heavy atom. The molecule has 7 heteroatoms. The molecule has 25 heavy (non-hydrogen) atoms. The first kappa shape index (κ1) is 17.4. The van der Waals surface area contributed by atoms with Crippen molar-refractivity contribution in [1.29, 1.82) is 0 Å². The van der Waals surface area contributed by atoms with Crippen molar-refractivity contribution in [3.05, 3.63) is 59.2 Å². The van der Waals surface area contributed by atoms with Gasteiger partial charge in [0.1, 0.15) is 6.10 Å². The lowest BCUT2D eigenvalue weighted by atomic mass is 10.00. The number of benzene rings is 2. The van der Waals surface area contributed by atoms with Gasteiger partial charge in [0.25, 0.3) is 10.0 Å². The molecule has 1 heterocycles. The highest BCUT2D eigenvalue weighted by Crippen LogP contribution is 2.42. The van der Waals surface area contributed by atoms with Crippen LogP contribution in [0.3, 0.4) is 0 Å². The van der Waals surface area contributed by atoms with Gasteiger partial charge in [-0.15, -0.1) is 0 Å². The van der Waals surface area contributed by atoms with E-state index in [0.29, 0.717) is 16.8 Å². The maximum atomic E-state index is 13.3. The number of hydrogen-bond acceptors (Lipinski definition) is 5. The van der Waals surface area contributed by atoms with Crippen LogP contribution in [0.2, 0.25) is 0 Å². The Labute approximate surface area is 146 Å². The first-order chi connectivity index (χ1) is 11.8. The number of anilines is 1. The molecule has 0 aromatic heterocycles. The molecule has 0 fully saturated rings. The van der Waals surface area contributed by atoms with Crippen molar-refractivity contribution in [2.24, 2.45) is 0 Å². The highest BCUT2D eigenvalue weighted by atomic mass is 32.2. The fourth-order valence-electron chi connectivity index (χ4n) is 3.27. The van der Waals surface area contributed by atoms with Gasteiger partial charge < -0.3 is 9.84 Å². The first-order valence-corrected chi connectivity index (χ1v) is 9.20. The summed E-state index contributed by atoms with van der Waals surface area (Å²) >= 11 is 0. The maximum Gasteiger partial charge on any atom is 0.332 e. The zero-order valence-electron chi connectivity index (χ0n) is 14.1. The number of ether oxygens (including phenoxy) is 1. The van der Waals surface area contributed by atoms with Crippen LogP contribution < -0.4 is 4.31 Å². The van der Waals surface area contributed by atoms with E-state index in [2.05, 4.69) is 0 Å². The normalized spacial score (nSPS) is 21.5. The Morgan fingerprint density at radius 1 is 1.08 bits per heavy atom. The molecule has 2 aromatic carbocycles. The van der Waals surface area contributed by atoms with Crippen LogP contribution in [0.1, 0.15) is 22.8 Å². The fourth-order valence-corrected chi connectivity index (χ4v) is 5.25. The molecule has 132 valence electrons. The summed E-state index contributed by atoms with van der Waals surface area (Å²) in [4.78, 5) is 12.4. The van der Waals surface area contributed by atoms with E-state index in [1.54, 1.807) is 38.1 Å². The van der Waals surface area contributed by atoms with Crippen LogP contribution in [0.15, 0.2) is 47.4 Å². The molecule has 3 rings (SSSR count). The zero-order valence-corrected chi connectivity index (χ0v) is 14.9. The van der Waals surface area contributed by atoms with Gasteiger partial charge >= 0.3 is 5.97 Å². The number of carbonyl (C=O) groups is 1. The number of fused-ring (bicyclic) bond motifs is 1. The molecule has 6 nitrogen and oxygen atoms in total. The minimum Gasteiger partial charge on any atom is -0.467 e.